The number of methoxy groups -OCH3 is 1. The highest BCUT2D eigenvalue weighted by atomic mass is 32.2. The molecule has 0 atom stereocenters. The van der Waals surface area contributed by atoms with Crippen molar-refractivity contribution in [3.8, 4) is 0 Å². The van der Waals surface area contributed by atoms with Crippen LogP contribution in [0.5, 0.6) is 0 Å². The number of benzene rings is 1. The monoisotopic (exact) mass is 318 g/mol. The van der Waals surface area contributed by atoms with E-state index in [4.69, 9.17) is 10.5 Å². The number of hydrogen-bond acceptors (Lipinski definition) is 4. The third-order valence-corrected chi connectivity index (χ3v) is 4.75. The molecule has 0 saturated carbocycles. The normalized spacial score (nSPS) is 12.6. The maximum atomic E-state index is 13.3. The minimum atomic E-state index is -3.79. The molecular formula is C14H23FN2O3S. The molecule has 120 valence electrons. The Morgan fingerprint density at radius 3 is 2.62 bits per heavy atom. The van der Waals surface area contributed by atoms with Gasteiger partial charge >= 0.3 is 0 Å². The van der Waals surface area contributed by atoms with Crippen LogP contribution in [-0.2, 0) is 21.3 Å². The maximum Gasteiger partial charge on any atom is 0.241 e. The van der Waals surface area contributed by atoms with E-state index < -0.39 is 15.8 Å². The minimum Gasteiger partial charge on any atom is -0.385 e. The van der Waals surface area contributed by atoms with Gasteiger partial charge in [0, 0.05) is 26.8 Å². The van der Waals surface area contributed by atoms with Gasteiger partial charge in [-0.3, -0.25) is 0 Å². The van der Waals surface area contributed by atoms with E-state index in [1.54, 1.807) is 7.11 Å². The fourth-order valence-electron chi connectivity index (χ4n) is 1.78. The van der Waals surface area contributed by atoms with Crippen LogP contribution < -0.4 is 10.5 Å². The summed E-state index contributed by atoms with van der Waals surface area (Å²) < 4.78 is 45.5. The summed E-state index contributed by atoms with van der Waals surface area (Å²) in [7, 11) is -2.20. The number of rotatable bonds is 8. The highest BCUT2D eigenvalue weighted by molar-refractivity contribution is 7.89. The first-order valence-corrected chi connectivity index (χ1v) is 8.17. The van der Waals surface area contributed by atoms with E-state index in [-0.39, 0.29) is 23.4 Å². The molecule has 0 bridgehead atoms. The predicted octanol–water partition coefficient (Wildman–Crippen LogP) is 1.63. The molecule has 1 aromatic carbocycles. The van der Waals surface area contributed by atoms with Crippen LogP contribution in [-0.4, -0.2) is 28.7 Å². The second-order valence-corrected chi connectivity index (χ2v) is 7.42. The quantitative estimate of drug-likeness (QED) is 0.763. The second kappa shape index (κ2) is 7.31. The molecule has 1 aromatic rings. The van der Waals surface area contributed by atoms with Crippen LogP contribution in [0.15, 0.2) is 23.1 Å². The zero-order chi connectivity index (χ0) is 16.1. The van der Waals surface area contributed by atoms with Crippen molar-refractivity contribution in [3.05, 3.63) is 29.6 Å². The van der Waals surface area contributed by atoms with Crippen molar-refractivity contribution in [3.63, 3.8) is 0 Å². The highest BCUT2D eigenvalue weighted by Crippen LogP contribution is 2.22. The van der Waals surface area contributed by atoms with E-state index in [0.717, 1.165) is 6.07 Å². The van der Waals surface area contributed by atoms with Gasteiger partial charge in [0.25, 0.3) is 0 Å². The summed E-state index contributed by atoms with van der Waals surface area (Å²) in [5, 5.41) is 0. The molecule has 0 fully saturated rings. The van der Waals surface area contributed by atoms with Gasteiger partial charge in [-0.15, -0.1) is 0 Å². The molecule has 0 unspecified atom stereocenters. The van der Waals surface area contributed by atoms with Crippen LogP contribution in [0, 0.1) is 11.2 Å². The standard InChI is InChI=1S/C14H23FN2O3S/c1-14(2,6-7-20-3)10-17-21(18,19)13-8-12(15)5-4-11(13)9-16/h4-5,8,17H,6-7,9-10,16H2,1-3H3. The fourth-order valence-corrected chi connectivity index (χ4v) is 3.28. The van der Waals surface area contributed by atoms with Gasteiger partial charge in [0.1, 0.15) is 5.82 Å². The van der Waals surface area contributed by atoms with E-state index >= 15 is 0 Å². The van der Waals surface area contributed by atoms with Gasteiger partial charge in [-0.1, -0.05) is 19.9 Å². The highest BCUT2D eigenvalue weighted by Gasteiger charge is 2.24. The average Bonchev–Trinajstić information content (AvgIpc) is 2.43. The molecule has 0 aliphatic rings. The van der Waals surface area contributed by atoms with Crippen LogP contribution in [0.1, 0.15) is 25.8 Å². The first kappa shape index (κ1) is 18.0. The molecule has 0 aliphatic heterocycles. The Hall–Kier alpha value is -1.02. The lowest BCUT2D eigenvalue weighted by Gasteiger charge is -2.24. The van der Waals surface area contributed by atoms with E-state index in [9.17, 15) is 12.8 Å². The molecule has 0 amide bonds. The average molecular weight is 318 g/mol. The summed E-state index contributed by atoms with van der Waals surface area (Å²) in [6.07, 6.45) is 0.707. The molecule has 1 rings (SSSR count). The Morgan fingerprint density at radius 1 is 1.38 bits per heavy atom. The maximum absolute atomic E-state index is 13.3. The van der Waals surface area contributed by atoms with E-state index in [1.807, 2.05) is 13.8 Å². The van der Waals surface area contributed by atoms with Gasteiger partial charge in [0.2, 0.25) is 10.0 Å². The molecular weight excluding hydrogens is 295 g/mol. The Kier molecular flexibility index (Phi) is 6.27. The van der Waals surface area contributed by atoms with Crippen molar-refractivity contribution in [2.24, 2.45) is 11.1 Å². The Balaban J connectivity index is 2.90. The zero-order valence-electron chi connectivity index (χ0n) is 12.6. The van der Waals surface area contributed by atoms with E-state index in [0.29, 0.717) is 18.6 Å². The summed E-state index contributed by atoms with van der Waals surface area (Å²) >= 11 is 0. The molecule has 21 heavy (non-hydrogen) atoms. The predicted molar refractivity (Wildman–Crippen MR) is 79.8 cm³/mol. The minimum absolute atomic E-state index is 0.0313. The van der Waals surface area contributed by atoms with Gasteiger partial charge in [0.05, 0.1) is 4.90 Å². The number of halogens is 1. The Morgan fingerprint density at radius 2 is 2.05 bits per heavy atom. The SMILES string of the molecule is COCCC(C)(C)CNS(=O)(=O)c1cc(F)ccc1CN. The van der Waals surface area contributed by atoms with Crippen molar-refractivity contribution >= 4 is 10.0 Å². The van der Waals surface area contributed by atoms with E-state index in [1.165, 1.54) is 12.1 Å². The smallest absolute Gasteiger partial charge is 0.241 e. The number of nitrogens with one attached hydrogen (secondary N) is 1. The summed E-state index contributed by atoms with van der Waals surface area (Å²) in [6, 6.07) is 3.58. The van der Waals surface area contributed by atoms with Crippen molar-refractivity contribution in [1.82, 2.24) is 4.72 Å². The lowest BCUT2D eigenvalue weighted by molar-refractivity contribution is 0.153. The Labute approximate surface area is 125 Å². The van der Waals surface area contributed by atoms with Crippen molar-refractivity contribution in [2.45, 2.75) is 31.7 Å². The fraction of sp³-hybridized carbons (Fsp3) is 0.571. The summed E-state index contributed by atoms with van der Waals surface area (Å²) in [5.74, 6) is -0.605. The number of nitrogens with two attached hydrogens (primary N) is 1. The third-order valence-electron chi connectivity index (χ3n) is 3.26. The van der Waals surface area contributed by atoms with Crippen molar-refractivity contribution in [1.29, 1.82) is 0 Å². The van der Waals surface area contributed by atoms with Crippen LogP contribution in [0.3, 0.4) is 0 Å². The third kappa shape index (κ3) is 5.35. The molecule has 0 aromatic heterocycles. The number of hydrogen-bond donors (Lipinski definition) is 2. The molecule has 7 heteroatoms. The molecule has 3 N–H and O–H groups in total. The Bertz CT molecular complexity index is 574. The summed E-state index contributed by atoms with van der Waals surface area (Å²) in [5.41, 5.74) is 5.64. The zero-order valence-corrected chi connectivity index (χ0v) is 13.5. The first-order chi connectivity index (χ1) is 9.72. The number of sulfonamides is 1. The molecule has 0 saturated heterocycles. The first-order valence-electron chi connectivity index (χ1n) is 6.69. The molecule has 0 radical (unpaired) electrons. The lowest BCUT2D eigenvalue weighted by atomic mass is 9.90. The van der Waals surface area contributed by atoms with Crippen LogP contribution in [0.25, 0.3) is 0 Å². The largest absolute Gasteiger partial charge is 0.385 e. The van der Waals surface area contributed by atoms with Gasteiger partial charge in [-0.2, -0.15) is 0 Å². The van der Waals surface area contributed by atoms with Gasteiger partial charge in [0.15, 0.2) is 0 Å². The van der Waals surface area contributed by atoms with Gasteiger partial charge in [-0.05, 0) is 29.5 Å². The van der Waals surface area contributed by atoms with Crippen molar-refractivity contribution in [2.75, 3.05) is 20.3 Å². The van der Waals surface area contributed by atoms with Gasteiger partial charge < -0.3 is 10.5 Å². The van der Waals surface area contributed by atoms with E-state index in [2.05, 4.69) is 4.72 Å². The molecule has 5 nitrogen and oxygen atoms in total. The van der Waals surface area contributed by atoms with Crippen LogP contribution in [0.2, 0.25) is 0 Å². The molecule has 0 aliphatic carbocycles. The van der Waals surface area contributed by atoms with Crippen LogP contribution >= 0.6 is 0 Å². The molecule has 0 heterocycles. The number of ether oxygens (including phenoxy) is 1. The molecule has 0 spiro atoms. The summed E-state index contributed by atoms with van der Waals surface area (Å²) in [6.45, 7) is 4.68. The topological polar surface area (TPSA) is 81.4 Å². The van der Waals surface area contributed by atoms with Crippen molar-refractivity contribution < 1.29 is 17.5 Å². The lowest BCUT2D eigenvalue weighted by Crippen LogP contribution is -2.35. The second-order valence-electron chi connectivity index (χ2n) is 5.69. The van der Waals surface area contributed by atoms with Crippen LogP contribution in [0.4, 0.5) is 4.39 Å². The summed E-state index contributed by atoms with van der Waals surface area (Å²) in [4.78, 5) is -0.104. The van der Waals surface area contributed by atoms with Gasteiger partial charge in [-0.25, -0.2) is 17.5 Å².